The Bertz CT molecular complexity index is 918. The molecule has 3 aromatic heterocycles. The average molecular weight is 353 g/mol. The number of aromatic nitrogens is 4. The SMILES string of the molecule is Clc1cc2ncccc2c(N2CC3CCN(c4ncccn4)C3C2)n1. The molecule has 0 radical (unpaired) electrons. The minimum Gasteiger partial charge on any atom is -0.354 e. The van der Waals surface area contributed by atoms with Gasteiger partial charge in [-0.1, -0.05) is 11.6 Å². The Morgan fingerprint density at radius 1 is 1.04 bits per heavy atom. The van der Waals surface area contributed by atoms with E-state index in [1.54, 1.807) is 18.6 Å². The van der Waals surface area contributed by atoms with Gasteiger partial charge >= 0.3 is 0 Å². The van der Waals surface area contributed by atoms with Gasteiger partial charge in [0.15, 0.2) is 0 Å². The lowest BCUT2D eigenvalue weighted by atomic mass is 10.1. The van der Waals surface area contributed by atoms with Gasteiger partial charge in [0.1, 0.15) is 11.0 Å². The van der Waals surface area contributed by atoms with E-state index in [-0.39, 0.29) is 0 Å². The van der Waals surface area contributed by atoms with Crippen molar-refractivity contribution in [1.82, 2.24) is 19.9 Å². The summed E-state index contributed by atoms with van der Waals surface area (Å²) in [6, 6.07) is 8.10. The number of fused-ring (bicyclic) bond motifs is 2. The van der Waals surface area contributed by atoms with Crippen molar-refractivity contribution >= 4 is 34.3 Å². The van der Waals surface area contributed by atoms with E-state index in [2.05, 4.69) is 35.8 Å². The van der Waals surface area contributed by atoms with E-state index in [9.17, 15) is 0 Å². The average Bonchev–Trinajstić information content (AvgIpc) is 3.22. The molecule has 0 spiro atoms. The zero-order valence-corrected chi connectivity index (χ0v) is 14.3. The highest BCUT2D eigenvalue weighted by atomic mass is 35.5. The van der Waals surface area contributed by atoms with Crippen molar-refractivity contribution in [3.05, 3.63) is 48.0 Å². The Kier molecular flexibility index (Phi) is 3.45. The highest BCUT2D eigenvalue weighted by molar-refractivity contribution is 6.30. The first-order valence-corrected chi connectivity index (χ1v) is 8.87. The number of hydrogen-bond acceptors (Lipinski definition) is 6. The third-order valence-corrected chi connectivity index (χ3v) is 5.40. The molecular formula is C18H17ClN6. The summed E-state index contributed by atoms with van der Waals surface area (Å²) in [6.07, 6.45) is 6.55. The van der Waals surface area contributed by atoms with E-state index < -0.39 is 0 Å². The van der Waals surface area contributed by atoms with Crippen molar-refractivity contribution < 1.29 is 0 Å². The summed E-state index contributed by atoms with van der Waals surface area (Å²) in [7, 11) is 0. The molecule has 0 saturated carbocycles. The van der Waals surface area contributed by atoms with Gasteiger partial charge in [0.2, 0.25) is 5.95 Å². The molecular weight excluding hydrogens is 336 g/mol. The first kappa shape index (κ1) is 14.8. The van der Waals surface area contributed by atoms with E-state index in [0.29, 0.717) is 17.1 Å². The lowest BCUT2D eigenvalue weighted by molar-refractivity contribution is 0.578. The van der Waals surface area contributed by atoms with Gasteiger partial charge in [0.25, 0.3) is 0 Å². The molecule has 2 unspecified atom stereocenters. The van der Waals surface area contributed by atoms with Crippen molar-refractivity contribution in [2.45, 2.75) is 12.5 Å². The Labute approximate surface area is 150 Å². The van der Waals surface area contributed by atoms with Crippen molar-refractivity contribution in [1.29, 1.82) is 0 Å². The molecule has 0 bridgehead atoms. The molecule has 5 heterocycles. The first-order valence-electron chi connectivity index (χ1n) is 8.49. The molecule has 2 saturated heterocycles. The molecule has 7 heteroatoms. The Balaban J connectivity index is 1.49. The second-order valence-corrected chi connectivity index (χ2v) is 6.99. The van der Waals surface area contributed by atoms with Crippen molar-refractivity contribution in [3.8, 4) is 0 Å². The van der Waals surface area contributed by atoms with Crippen LogP contribution in [0.25, 0.3) is 10.9 Å². The maximum absolute atomic E-state index is 6.24. The van der Waals surface area contributed by atoms with Crippen LogP contribution in [-0.2, 0) is 0 Å². The fraction of sp³-hybridized carbons (Fsp3) is 0.333. The molecule has 5 rings (SSSR count). The highest BCUT2D eigenvalue weighted by Crippen LogP contribution is 2.37. The highest BCUT2D eigenvalue weighted by Gasteiger charge is 2.43. The quantitative estimate of drug-likeness (QED) is 0.661. The van der Waals surface area contributed by atoms with Crippen LogP contribution in [0.1, 0.15) is 6.42 Å². The molecule has 25 heavy (non-hydrogen) atoms. The van der Waals surface area contributed by atoms with Crippen molar-refractivity contribution in [3.63, 3.8) is 0 Å². The predicted octanol–water partition coefficient (Wildman–Crippen LogP) is 2.79. The number of halogens is 1. The Hall–Kier alpha value is -2.47. The number of rotatable bonds is 2. The van der Waals surface area contributed by atoms with Gasteiger partial charge in [-0.25, -0.2) is 15.0 Å². The summed E-state index contributed by atoms with van der Waals surface area (Å²) >= 11 is 6.24. The molecule has 0 aliphatic carbocycles. The standard InChI is InChI=1S/C18H17ClN6/c19-16-9-14-13(3-1-5-20-14)17(23-16)24-10-12-4-8-25(15(12)11-24)18-21-6-2-7-22-18/h1-3,5-7,9,12,15H,4,8,10-11H2. The minimum atomic E-state index is 0.412. The number of hydrogen-bond donors (Lipinski definition) is 0. The van der Waals surface area contributed by atoms with Crippen LogP contribution in [0.3, 0.4) is 0 Å². The Morgan fingerprint density at radius 3 is 2.76 bits per heavy atom. The van der Waals surface area contributed by atoms with Crippen LogP contribution in [-0.4, -0.2) is 45.6 Å². The lowest BCUT2D eigenvalue weighted by Crippen LogP contribution is -2.36. The van der Waals surface area contributed by atoms with Gasteiger partial charge in [-0.3, -0.25) is 4.98 Å². The summed E-state index contributed by atoms with van der Waals surface area (Å²) in [5.41, 5.74) is 0.887. The van der Waals surface area contributed by atoms with E-state index >= 15 is 0 Å². The Morgan fingerprint density at radius 2 is 1.88 bits per heavy atom. The van der Waals surface area contributed by atoms with Gasteiger partial charge in [0, 0.05) is 55.6 Å². The number of nitrogens with zero attached hydrogens (tertiary/aromatic N) is 6. The van der Waals surface area contributed by atoms with Crippen LogP contribution in [0.5, 0.6) is 0 Å². The van der Waals surface area contributed by atoms with Gasteiger partial charge in [-0.15, -0.1) is 0 Å². The molecule has 2 aliphatic heterocycles. The zero-order valence-electron chi connectivity index (χ0n) is 13.6. The van der Waals surface area contributed by atoms with Crippen LogP contribution in [0.2, 0.25) is 5.15 Å². The minimum absolute atomic E-state index is 0.412. The summed E-state index contributed by atoms with van der Waals surface area (Å²) in [6.45, 7) is 2.89. The topological polar surface area (TPSA) is 58.0 Å². The van der Waals surface area contributed by atoms with Crippen LogP contribution in [0.15, 0.2) is 42.9 Å². The molecule has 2 aliphatic rings. The van der Waals surface area contributed by atoms with Gasteiger partial charge < -0.3 is 9.80 Å². The third-order valence-electron chi connectivity index (χ3n) is 5.20. The van der Waals surface area contributed by atoms with Gasteiger partial charge in [-0.2, -0.15) is 0 Å². The van der Waals surface area contributed by atoms with Crippen molar-refractivity contribution in [2.75, 3.05) is 29.4 Å². The van der Waals surface area contributed by atoms with Crippen LogP contribution < -0.4 is 9.80 Å². The molecule has 0 N–H and O–H groups in total. The van der Waals surface area contributed by atoms with E-state index in [1.165, 1.54) is 0 Å². The lowest BCUT2D eigenvalue weighted by Gasteiger charge is -2.25. The molecule has 3 aromatic rings. The number of pyridine rings is 2. The summed E-state index contributed by atoms with van der Waals surface area (Å²) < 4.78 is 0. The van der Waals surface area contributed by atoms with E-state index in [0.717, 1.165) is 48.7 Å². The molecule has 2 fully saturated rings. The normalized spacial score (nSPS) is 22.6. The van der Waals surface area contributed by atoms with Crippen LogP contribution in [0.4, 0.5) is 11.8 Å². The predicted molar refractivity (Wildman–Crippen MR) is 98.0 cm³/mol. The molecule has 6 nitrogen and oxygen atoms in total. The second-order valence-electron chi connectivity index (χ2n) is 6.60. The number of anilines is 2. The van der Waals surface area contributed by atoms with Crippen LogP contribution >= 0.6 is 11.6 Å². The van der Waals surface area contributed by atoms with E-state index in [1.807, 2.05) is 18.2 Å². The maximum Gasteiger partial charge on any atom is 0.225 e. The van der Waals surface area contributed by atoms with Gasteiger partial charge in [0.05, 0.1) is 11.6 Å². The van der Waals surface area contributed by atoms with E-state index in [4.69, 9.17) is 11.6 Å². The maximum atomic E-state index is 6.24. The first-order chi connectivity index (χ1) is 12.3. The molecule has 0 amide bonds. The van der Waals surface area contributed by atoms with Crippen molar-refractivity contribution in [2.24, 2.45) is 5.92 Å². The van der Waals surface area contributed by atoms with Crippen LogP contribution in [0, 0.1) is 5.92 Å². The summed E-state index contributed by atoms with van der Waals surface area (Å²) in [5.74, 6) is 2.35. The largest absolute Gasteiger partial charge is 0.354 e. The smallest absolute Gasteiger partial charge is 0.225 e. The fourth-order valence-electron chi connectivity index (χ4n) is 4.09. The third kappa shape index (κ3) is 2.48. The molecule has 0 aromatic carbocycles. The second kappa shape index (κ2) is 5.81. The molecule has 126 valence electrons. The summed E-state index contributed by atoms with van der Waals surface area (Å²) in [4.78, 5) is 22.6. The fourth-order valence-corrected chi connectivity index (χ4v) is 4.27. The zero-order chi connectivity index (χ0) is 16.8. The van der Waals surface area contributed by atoms with Gasteiger partial charge in [-0.05, 0) is 24.6 Å². The summed E-state index contributed by atoms with van der Waals surface area (Å²) in [5, 5.41) is 1.54. The monoisotopic (exact) mass is 352 g/mol. The molecule has 2 atom stereocenters.